The number of ether oxygens (including phenoxy) is 2. The minimum Gasteiger partial charge on any atom is -0.454 e. The van der Waals surface area contributed by atoms with Crippen molar-refractivity contribution in [3.8, 4) is 11.5 Å². The molecule has 0 spiro atoms. The van der Waals surface area contributed by atoms with Gasteiger partial charge in [-0.15, -0.1) is 5.10 Å². The minimum absolute atomic E-state index is 0.0286. The maximum Gasteiger partial charge on any atom is 0.231 e. The fourth-order valence-electron chi connectivity index (χ4n) is 2.57. The van der Waals surface area contributed by atoms with Crippen LogP contribution in [-0.2, 0) is 5.41 Å². The Morgan fingerprint density at radius 2 is 2.04 bits per heavy atom. The Balaban J connectivity index is 1.54. The molecule has 1 N–H and O–H groups in total. The van der Waals surface area contributed by atoms with Crippen LogP contribution >= 0.6 is 11.3 Å². The summed E-state index contributed by atoms with van der Waals surface area (Å²) in [7, 11) is 0. The number of imidazole rings is 1. The van der Waals surface area contributed by atoms with E-state index in [0.717, 1.165) is 32.8 Å². The van der Waals surface area contributed by atoms with Crippen LogP contribution in [0.1, 0.15) is 45.0 Å². The van der Waals surface area contributed by atoms with E-state index in [4.69, 9.17) is 9.47 Å². The molecule has 0 saturated heterocycles. The second kappa shape index (κ2) is 5.37. The first-order chi connectivity index (χ1) is 11.4. The molecule has 1 atom stereocenters. The van der Waals surface area contributed by atoms with Gasteiger partial charge in [-0.05, 0) is 24.6 Å². The first kappa shape index (κ1) is 15.3. The molecule has 0 unspecified atom stereocenters. The quantitative estimate of drug-likeness (QED) is 0.778. The van der Waals surface area contributed by atoms with Crippen LogP contribution in [0.25, 0.3) is 4.96 Å². The molecule has 0 saturated carbocycles. The summed E-state index contributed by atoms with van der Waals surface area (Å²) in [6.45, 7) is 8.85. The molecule has 0 bridgehead atoms. The van der Waals surface area contributed by atoms with Crippen molar-refractivity contribution >= 4 is 21.4 Å². The highest BCUT2D eigenvalue weighted by Crippen LogP contribution is 2.35. The van der Waals surface area contributed by atoms with Crippen LogP contribution in [0.3, 0.4) is 0 Å². The third-order valence-corrected chi connectivity index (χ3v) is 4.90. The molecular weight excluding hydrogens is 324 g/mol. The van der Waals surface area contributed by atoms with Crippen molar-refractivity contribution in [3.05, 3.63) is 35.7 Å². The lowest BCUT2D eigenvalue weighted by atomic mass is 9.93. The van der Waals surface area contributed by atoms with E-state index in [0.29, 0.717) is 6.79 Å². The maximum absolute atomic E-state index is 5.44. The highest BCUT2D eigenvalue weighted by molar-refractivity contribution is 7.20. The number of anilines is 1. The summed E-state index contributed by atoms with van der Waals surface area (Å²) < 4.78 is 12.6. The molecule has 7 heteroatoms. The molecule has 0 amide bonds. The topological polar surface area (TPSA) is 60.7 Å². The molecule has 0 fully saturated rings. The number of hydrogen-bond acceptors (Lipinski definition) is 6. The van der Waals surface area contributed by atoms with E-state index < -0.39 is 0 Å². The predicted octanol–water partition coefficient (Wildman–Crippen LogP) is 3.99. The lowest BCUT2D eigenvalue weighted by Crippen LogP contribution is -2.11. The van der Waals surface area contributed by atoms with Crippen LogP contribution in [-0.4, -0.2) is 21.4 Å². The van der Waals surface area contributed by atoms with E-state index in [2.05, 4.69) is 43.1 Å². The summed E-state index contributed by atoms with van der Waals surface area (Å²) in [5.74, 6) is 1.60. The minimum atomic E-state index is 0.0286. The molecule has 1 aliphatic rings. The van der Waals surface area contributed by atoms with Gasteiger partial charge in [0.2, 0.25) is 16.9 Å². The number of nitrogens with zero attached hydrogens (tertiary/aromatic N) is 3. The molecule has 1 aliphatic heterocycles. The first-order valence-corrected chi connectivity index (χ1v) is 8.74. The Kier molecular flexibility index (Phi) is 3.42. The van der Waals surface area contributed by atoms with Gasteiger partial charge in [0.25, 0.3) is 0 Å². The number of nitrogens with one attached hydrogen (secondary N) is 1. The van der Waals surface area contributed by atoms with Crippen molar-refractivity contribution in [1.29, 1.82) is 0 Å². The molecule has 126 valence electrons. The van der Waals surface area contributed by atoms with Gasteiger partial charge in [0.1, 0.15) is 0 Å². The summed E-state index contributed by atoms with van der Waals surface area (Å²) in [4.78, 5) is 5.58. The van der Waals surface area contributed by atoms with Gasteiger partial charge in [-0.2, -0.15) is 0 Å². The summed E-state index contributed by atoms with van der Waals surface area (Å²) in [6.07, 6.45) is 2.00. The van der Waals surface area contributed by atoms with Crippen molar-refractivity contribution in [2.75, 3.05) is 12.1 Å². The fourth-order valence-corrected chi connectivity index (χ4v) is 3.44. The van der Waals surface area contributed by atoms with E-state index in [1.165, 1.54) is 0 Å². The molecule has 3 heterocycles. The molecule has 24 heavy (non-hydrogen) atoms. The van der Waals surface area contributed by atoms with Crippen LogP contribution in [0.5, 0.6) is 11.5 Å². The maximum atomic E-state index is 5.44. The van der Waals surface area contributed by atoms with E-state index >= 15 is 0 Å². The standard InChI is InChI=1S/C17H20N4O2S/c1-10(11-5-6-12-13(7-11)23-9-22-12)18-15-20-21-8-14(17(2,3)4)19-16(21)24-15/h5-8,10H,9H2,1-4H3,(H,18,20)/t10-/m1/s1. The Labute approximate surface area is 144 Å². The van der Waals surface area contributed by atoms with E-state index in [1.54, 1.807) is 11.3 Å². The van der Waals surface area contributed by atoms with Crippen molar-refractivity contribution < 1.29 is 9.47 Å². The van der Waals surface area contributed by atoms with Crippen LogP contribution < -0.4 is 14.8 Å². The molecule has 2 aromatic heterocycles. The highest BCUT2D eigenvalue weighted by atomic mass is 32.1. The normalized spacial score (nSPS) is 15.0. The number of fused-ring (bicyclic) bond motifs is 2. The Bertz CT molecular complexity index is 862. The molecule has 0 aliphatic carbocycles. The largest absolute Gasteiger partial charge is 0.454 e. The summed E-state index contributed by atoms with van der Waals surface area (Å²) in [6, 6.07) is 6.11. The SMILES string of the molecule is C[C@@H](Nc1nn2cc(C(C)(C)C)nc2s1)c1ccc2c(c1)OCO2. The van der Waals surface area contributed by atoms with Crippen LogP contribution in [0, 0.1) is 0 Å². The summed E-state index contributed by atoms with van der Waals surface area (Å²) in [5, 5.41) is 8.87. The average molecular weight is 344 g/mol. The third-order valence-electron chi connectivity index (χ3n) is 4.05. The third kappa shape index (κ3) is 2.69. The zero-order valence-electron chi connectivity index (χ0n) is 14.2. The second-order valence-electron chi connectivity index (χ2n) is 6.99. The van der Waals surface area contributed by atoms with E-state index in [-0.39, 0.29) is 11.5 Å². The summed E-state index contributed by atoms with van der Waals surface area (Å²) in [5.41, 5.74) is 2.21. The van der Waals surface area contributed by atoms with Crippen molar-refractivity contribution in [1.82, 2.24) is 14.6 Å². The Morgan fingerprint density at radius 1 is 1.25 bits per heavy atom. The first-order valence-electron chi connectivity index (χ1n) is 7.93. The average Bonchev–Trinajstić information content (AvgIpc) is 3.18. The Morgan fingerprint density at radius 3 is 2.79 bits per heavy atom. The molecule has 3 aromatic rings. The van der Waals surface area contributed by atoms with Crippen molar-refractivity contribution in [2.45, 2.75) is 39.2 Å². The zero-order valence-corrected chi connectivity index (χ0v) is 15.0. The lowest BCUT2D eigenvalue weighted by molar-refractivity contribution is 0.174. The van der Waals surface area contributed by atoms with Gasteiger partial charge in [-0.3, -0.25) is 0 Å². The van der Waals surface area contributed by atoms with E-state index in [9.17, 15) is 0 Å². The second-order valence-corrected chi connectivity index (χ2v) is 7.95. The van der Waals surface area contributed by atoms with E-state index in [1.807, 2.05) is 28.9 Å². The fraction of sp³-hybridized carbons (Fsp3) is 0.412. The number of benzene rings is 1. The number of aromatic nitrogens is 3. The van der Waals surface area contributed by atoms with Crippen LogP contribution in [0.15, 0.2) is 24.4 Å². The van der Waals surface area contributed by atoms with Gasteiger partial charge in [0.15, 0.2) is 11.5 Å². The van der Waals surface area contributed by atoms with Gasteiger partial charge < -0.3 is 14.8 Å². The highest BCUT2D eigenvalue weighted by Gasteiger charge is 2.20. The van der Waals surface area contributed by atoms with Crippen molar-refractivity contribution in [2.24, 2.45) is 0 Å². The smallest absolute Gasteiger partial charge is 0.231 e. The van der Waals surface area contributed by atoms with Crippen LogP contribution in [0.4, 0.5) is 5.13 Å². The number of hydrogen-bond donors (Lipinski definition) is 1. The summed E-state index contributed by atoms with van der Waals surface area (Å²) >= 11 is 1.56. The molecule has 4 rings (SSSR count). The van der Waals surface area contributed by atoms with Gasteiger partial charge in [0, 0.05) is 5.41 Å². The Hall–Kier alpha value is -2.28. The molecule has 0 radical (unpaired) electrons. The molecule has 1 aromatic carbocycles. The van der Waals surface area contributed by atoms with Gasteiger partial charge in [0.05, 0.1) is 17.9 Å². The lowest BCUT2D eigenvalue weighted by Gasteiger charge is -2.14. The van der Waals surface area contributed by atoms with Gasteiger partial charge in [-0.25, -0.2) is 9.50 Å². The van der Waals surface area contributed by atoms with Gasteiger partial charge >= 0.3 is 0 Å². The van der Waals surface area contributed by atoms with Gasteiger partial charge in [-0.1, -0.05) is 38.2 Å². The van der Waals surface area contributed by atoms with Crippen molar-refractivity contribution in [3.63, 3.8) is 0 Å². The van der Waals surface area contributed by atoms with Crippen LogP contribution in [0.2, 0.25) is 0 Å². The molecular formula is C17H20N4O2S. The molecule has 6 nitrogen and oxygen atoms in total. The number of rotatable bonds is 3. The monoisotopic (exact) mass is 344 g/mol. The zero-order chi connectivity index (χ0) is 16.9. The predicted molar refractivity (Wildman–Crippen MR) is 94.2 cm³/mol.